The second-order valence-corrected chi connectivity index (χ2v) is 19.9. The Bertz CT molecular complexity index is 4510. The largest absolute Gasteiger partial charge is 0.310 e. The first-order valence-electron chi connectivity index (χ1n) is 26.0. The van der Waals surface area contributed by atoms with Crippen LogP contribution in [0.25, 0.3) is 111 Å². The molecule has 2 aliphatic rings. The van der Waals surface area contributed by atoms with Gasteiger partial charge < -0.3 is 14.0 Å². The highest BCUT2D eigenvalue weighted by Crippen LogP contribution is 2.51. The maximum atomic E-state index is 5.43. The van der Waals surface area contributed by atoms with Crippen LogP contribution >= 0.6 is 0 Å². The van der Waals surface area contributed by atoms with Gasteiger partial charge in [-0.25, -0.2) is 15.0 Å². The van der Waals surface area contributed by atoms with Crippen LogP contribution in [0, 0.1) is 0 Å². The summed E-state index contributed by atoms with van der Waals surface area (Å²) in [5, 5.41) is 4.82. The maximum absolute atomic E-state index is 5.43. The minimum absolute atomic E-state index is 0.153. The summed E-state index contributed by atoms with van der Waals surface area (Å²) in [5.41, 5.74) is 21.2. The molecule has 0 amide bonds. The number of nitrogens with zero attached hydrogens (tertiary/aromatic N) is 6. The van der Waals surface area contributed by atoms with Gasteiger partial charge in [-0.1, -0.05) is 212 Å². The van der Waals surface area contributed by atoms with Crippen molar-refractivity contribution in [1.82, 2.24) is 24.1 Å². The van der Waals surface area contributed by atoms with Crippen LogP contribution < -0.4 is 21.3 Å². The molecule has 6 nitrogen and oxygen atoms in total. The van der Waals surface area contributed by atoms with E-state index in [-0.39, 0.29) is 6.71 Å². The van der Waals surface area contributed by atoms with Gasteiger partial charge in [0.05, 0.1) is 22.2 Å². The molecule has 0 bridgehead atoms. The molecule has 2 aliphatic heterocycles. The van der Waals surface area contributed by atoms with Gasteiger partial charge in [0.25, 0.3) is 6.71 Å². The molecule has 0 aliphatic carbocycles. The first-order valence-corrected chi connectivity index (χ1v) is 26.0. The molecule has 0 N–H and O–H groups in total. The molecule has 14 aromatic rings. The van der Waals surface area contributed by atoms with Crippen molar-refractivity contribution in [3.8, 4) is 67.8 Å². The quantitative estimate of drug-likeness (QED) is 0.149. The molecule has 0 saturated carbocycles. The van der Waals surface area contributed by atoms with Crippen molar-refractivity contribution in [2.24, 2.45) is 0 Å². The Hall–Kier alpha value is -10.1. The minimum atomic E-state index is -0.153. The van der Waals surface area contributed by atoms with Gasteiger partial charge in [0, 0.05) is 77.6 Å². The number of rotatable bonds is 7. The van der Waals surface area contributed by atoms with Gasteiger partial charge in [-0.2, -0.15) is 0 Å². The molecule has 5 heterocycles. The first kappa shape index (κ1) is 42.4. The number of para-hydroxylation sites is 5. The van der Waals surface area contributed by atoms with Crippen LogP contribution in [-0.4, -0.2) is 30.8 Å². The van der Waals surface area contributed by atoms with Crippen LogP contribution in [0.3, 0.4) is 0 Å². The third kappa shape index (κ3) is 6.33. The highest BCUT2D eigenvalue weighted by atomic mass is 15.2. The van der Waals surface area contributed by atoms with Crippen LogP contribution in [0.1, 0.15) is 0 Å². The van der Waals surface area contributed by atoms with Gasteiger partial charge >= 0.3 is 0 Å². The van der Waals surface area contributed by atoms with Gasteiger partial charge in [0.15, 0.2) is 17.5 Å². The van der Waals surface area contributed by atoms with Crippen molar-refractivity contribution < 1.29 is 0 Å². The van der Waals surface area contributed by atoms with Gasteiger partial charge in [-0.15, -0.1) is 0 Å². The molecule has 352 valence electrons. The molecule has 0 saturated heterocycles. The standard InChI is InChI=1S/C69H43BN6/c1-6-22-44(23-7-1)50-34-20-35-51(45-24-8-2-9-25-45)65(50)76-61-42-55-53-33-17-18-38-58(53)74(49-30-14-5-15-31-49)60(55)43-57(61)70-56-37-21-36-54-52-32-16-19-39-59(52)75(66(54)56)62-40-48(41-63(76)64(62)70)69-72-67(46-26-10-3-11-27-46)71-68(73-69)47-28-12-4-13-29-47/h1-43H. The van der Waals surface area contributed by atoms with E-state index in [0.717, 1.165) is 83.9 Å². The van der Waals surface area contributed by atoms with E-state index in [1.807, 2.05) is 36.4 Å². The molecule has 0 fully saturated rings. The number of anilines is 3. The van der Waals surface area contributed by atoms with Crippen LogP contribution in [-0.2, 0) is 0 Å². The van der Waals surface area contributed by atoms with Gasteiger partial charge in [0.1, 0.15) is 0 Å². The third-order valence-electron chi connectivity index (χ3n) is 15.7. The zero-order chi connectivity index (χ0) is 49.8. The van der Waals surface area contributed by atoms with Crippen LogP contribution in [0.2, 0.25) is 0 Å². The molecule has 0 atom stereocenters. The van der Waals surface area contributed by atoms with Crippen molar-refractivity contribution in [2.45, 2.75) is 0 Å². The van der Waals surface area contributed by atoms with E-state index in [1.165, 1.54) is 43.5 Å². The van der Waals surface area contributed by atoms with Crippen molar-refractivity contribution in [1.29, 1.82) is 0 Å². The summed E-state index contributed by atoms with van der Waals surface area (Å²) in [6.45, 7) is -0.153. The Morgan fingerprint density at radius 1 is 0.303 bits per heavy atom. The fourth-order valence-corrected chi connectivity index (χ4v) is 12.5. The molecule has 0 radical (unpaired) electrons. The number of fused-ring (bicyclic) bond motifs is 10. The molecular weight excluding hydrogens is 924 g/mol. The molecule has 7 heteroatoms. The molecule has 3 aromatic heterocycles. The van der Waals surface area contributed by atoms with Crippen LogP contribution in [0.4, 0.5) is 17.1 Å². The molecule has 76 heavy (non-hydrogen) atoms. The minimum Gasteiger partial charge on any atom is -0.310 e. The zero-order valence-electron chi connectivity index (χ0n) is 41.1. The van der Waals surface area contributed by atoms with E-state index in [0.29, 0.717) is 17.5 Å². The van der Waals surface area contributed by atoms with Crippen LogP contribution in [0.15, 0.2) is 261 Å². The predicted molar refractivity (Wildman–Crippen MR) is 315 cm³/mol. The highest BCUT2D eigenvalue weighted by Gasteiger charge is 2.44. The highest BCUT2D eigenvalue weighted by molar-refractivity contribution is 7.00. The van der Waals surface area contributed by atoms with Crippen molar-refractivity contribution in [3.05, 3.63) is 261 Å². The van der Waals surface area contributed by atoms with E-state index in [2.05, 4.69) is 238 Å². The fraction of sp³-hybridized carbons (Fsp3) is 0. The second-order valence-electron chi connectivity index (χ2n) is 19.9. The second kappa shape index (κ2) is 16.7. The lowest BCUT2D eigenvalue weighted by Gasteiger charge is -2.42. The molecular formula is C69H43BN6. The van der Waals surface area contributed by atoms with Crippen molar-refractivity contribution in [2.75, 3.05) is 4.90 Å². The Labute approximate surface area is 439 Å². The molecule has 0 unspecified atom stereocenters. The van der Waals surface area contributed by atoms with Gasteiger partial charge in [0.2, 0.25) is 0 Å². The number of hydrogen-bond donors (Lipinski definition) is 0. The maximum Gasteiger partial charge on any atom is 0.252 e. The number of hydrogen-bond acceptors (Lipinski definition) is 4. The predicted octanol–water partition coefficient (Wildman–Crippen LogP) is 15.0. The Balaban J connectivity index is 1.10. The number of benzene rings is 11. The van der Waals surface area contributed by atoms with E-state index in [9.17, 15) is 0 Å². The monoisotopic (exact) mass is 966 g/mol. The van der Waals surface area contributed by atoms with E-state index >= 15 is 0 Å². The average Bonchev–Trinajstić information content (AvgIpc) is 4.08. The normalized spacial score (nSPS) is 12.4. The summed E-state index contributed by atoms with van der Waals surface area (Å²) in [6, 6.07) is 94.4. The lowest BCUT2D eigenvalue weighted by atomic mass is 9.33. The summed E-state index contributed by atoms with van der Waals surface area (Å²) < 4.78 is 4.98. The Morgan fingerprint density at radius 3 is 1.38 bits per heavy atom. The lowest BCUT2D eigenvalue weighted by molar-refractivity contribution is 1.07. The Kier molecular flexibility index (Phi) is 9.33. The fourth-order valence-electron chi connectivity index (χ4n) is 12.5. The summed E-state index contributed by atoms with van der Waals surface area (Å²) in [5.74, 6) is 1.84. The smallest absolute Gasteiger partial charge is 0.252 e. The molecule has 16 rings (SSSR count). The van der Waals surface area contributed by atoms with Crippen LogP contribution in [0.5, 0.6) is 0 Å². The average molecular weight is 967 g/mol. The first-order chi connectivity index (χ1) is 37.7. The summed E-state index contributed by atoms with van der Waals surface area (Å²) in [4.78, 5) is 18.6. The zero-order valence-corrected chi connectivity index (χ0v) is 41.1. The number of aromatic nitrogens is 5. The van der Waals surface area contributed by atoms with Crippen molar-refractivity contribution in [3.63, 3.8) is 0 Å². The van der Waals surface area contributed by atoms with E-state index in [4.69, 9.17) is 15.0 Å². The molecule has 11 aromatic carbocycles. The lowest BCUT2D eigenvalue weighted by Crippen LogP contribution is -2.60. The van der Waals surface area contributed by atoms with Gasteiger partial charge in [-0.05, 0) is 76.0 Å². The third-order valence-corrected chi connectivity index (χ3v) is 15.7. The summed E-state index contributed by atoms with van der Waals surface area (Å²) >= 11 is 0. The van der Waals surface area contributed by atoms with E-state index < -0.39 is 0 Å². The van der Waals surface area contributed by atoms with Crippen molar-refractivity contribution >= 4 is 83.8 Å². The summed E-state index contributed by atoms with van der Waals surface area (Å²) in [7, 11) is 0. The topological polar surface area (TPSA) is 51.8 Å². The SMILES string of the molecule is c1ccc(-c2nc(-c3ccccc3)nc(-c3cc4c5c(c3)-n3c6ccccc6c6cccc(c63)B5c3cc5c(cc3N4c3c(-c4ccccc4)cccc3-c3ccccc3)c3ccccc3n5-c3ccccc3)n2)cc1. The van der Waals surface area contributed by atoms with E-state index in [1.54, 1.807) is 0 Å². The molecule has 0 spiro atoms. The summed E-state index contributed by atoms with van der Waals surface area (Å²) in [6.07, 6.45) is 0. The van der Waals surface area contributed by atoms with Gasteiger partial charge in [-0.3, -0.25) is 0 Å². The Morgan fingerprint density at radius 2 is 0.776 bits per heavy atom.